The zero-order valence-corrected chi connectivity index (χ0v) is 48.0. The van der Waals surface area contributed by atoms with Gasteiger partial charge in [0.05, 0.1) is 41.9 Å². The van der Waals surface area contributed by atoms with Crippen LogP contribution in [0.5, 0.6) is 11.5 Å². The number of hydrogen-bond donors (Lipinski definition) is 4. The Hall–Kier alpha value is -6.84. The number of ether oxygens (including phenoxy) is 4. The average molecular weight is 1130 g/mol. The molecule has 0 saturated carbocycles. The summed E-state index contributed by atoms with van der Waals surface area (Å²) < 4.78 is 50.8. The molecule has 4 aromatic carbocycles. The normalized spacial score (nSPS) is 17.1. The summed E-state index contributed by atoms with van der Waals surface area (Å²) in [6.45, 7) is 15.5. The smallest absolute Gasteiger partial charge is 0.313 e. The Labute approximate surface area is 470 Å². The van der Waals surface area contributed by atoms with Crippen LogP contribution in [0.3, 0.4) is 0 Å². The van der Waals surface area contributed by atoms with Crippen molar-refractivity contribution in [1.29, 1.82) is 0 Å². The molecule has 5 atom stereocenters. The van der Waals surface area contributed by atoms with Crippen LogP contribution in [-0.4, -0.2) is 135 Å². The first-order chi connectivity index (χ1) is 37.8. The predicted molar refractivity (Wildman–Crippen MR) is 299 cm³/mol. The van der Waals surface area contributed by atoms with E-state index in [1.165, 1.54) is 0 Å². The van der Waals surface area contributed by atoms with Crippen LogP contribution >= 0.6 is 0 Å². The molecule has 0 bridgehead atoms. The molecule has 434 valence electrons. The second-order valence-corrected chi connectivity index (χ2v) is 23.5. The number of nitrogens with zero attached hydrogens (tertiary/aromatic N) is 1. The number of esters is 1. The summed E-state index contributed by atoms with van der Waals surface area (Å²) in [4.78, 5) is 95.5. The van der Waals surface area contributed by atoms with Gasteiger partial charge in [-0.05, 0) is 79.3 Å². The van der Waals surface area contributed by atoms with E-state index in [0.717, 1.165) is 28.5 Å². The third-order valence-corrected chi connectivity index (χ3v) is 13.5. The van der Waals surface area contributed by atoms with Gasteiger partial charge < -0.3 is 49.3 Å². The number of nitrogens with one attached hydrogen (secondary N) is 4. The van der Waals surface area contributed by atoms with E-state index in [4.69, 9.17) is 31.9 Å². The number of quaternary nitrogens is 1. The van der Waals surface area contributed by atoms with Crippen molar-refractivity contribution < 1.29 is 70.0 Å². The first-order valence-electron chi connectivity index (χ1n) is 27.2. The molecule has 4 aromatic rings. The summed E-state index contributed by atoms with van der Waals surface area (Å²) in [5.41, 5.74) is 2.92. The van der Waals surface area contributed by atoms with Crippen molar-refractivity contribution >= 4 is 51.8 Å². The van der Waals surface area contributed by atoms with Crippen LogP contribution in [0.25, 0.3) is 0 Å². The minimum atomic E-state index is -3.92. The molecule has 4 N–H and O–H groups in total. The Bertz CT molecular complexity index is 2810. The molecule has 6 rings (SSSR count). The number of ketones is 1. The number of epoxide rings is 1. The van der Waals surface area contributed by atoms with Crippen molar-refractivity contribution in [3.05, 3.63) is 131 Å². The highest BCUT2D eigenvalue weighted by atomic mass is 32.2. The van der Waals surface area contributed by atoms with Gasteiger partial charge in [0.2, 0.25) is 17.7 Å². The molecule has 0 radical (unpaired) electrons. The molecule has 80 heavy (non-hydrogen) atoms. The number of amides is 4. The van der Waals surface area contributed by atoms with Crippen LogP contribution in [-0.2, 0) is 74.4 Å². The Balaban J connectivity index is 0.00000225. The number of Topliss-reactive ketones (excluding diaryl/α,β-unsaturated/α-hetero) is 1. The molecular weight excluding hydrogens is 1050 g/mol. The van der Waals surface area contributed by atoms with Gasteiger partial charge in [-0.3, -0.25) is 33.6 Å². The average Bonchev–Trinajstić information content (AvgIpc) is 4.17. The van der Waals surface area contributed by atoms with Gasteiger partial charge in [0.15, 0.2) is 23.8 Å². The van der Waals surface area contributed by atoms with E-state index in [0.29, 0.717) is 63.3 Å². The molecule has 0 spiro atoms. The van der Waals surface area contributed by atoms with Crippen LogP contribution in [0.15, 0.2) is 103 Å². The maximum Gasteiger partial charge on any atom is 0.313 e. The highest BCUT2D eigenvalue weighted by molar-refractivity contribution is 7.84. The number of hydrogen-bond acceptors (Lipinski definition) is 14. The van der Waals surface area contributed by atoms with Crippen molar-refractivity contribution in [3.8, 4) is 11.5 Å². The van der Waals surface area contributed by atoms with Crippen molar-refractivity contribution in [3.63, 3.8) is 0 Å². The molecule has 2 fully saturated rings. The van der Waals surface area contributed by atoms with Crippen LogP contribution in [0.1, 0.15) is 100 Å². The Kier molecular flexibility index (Phi) is 24.1. The molecule has 0 aromatic heterocycles. The number of aryl methyl sites for hydroxylation is 1. The highest BCUT2D eigenvalue weighted by Gasteiger charge is 2.50. The van der Waals surface area contributed by atoms with Gasteiger partial charge in [0, 0.05) is 23.8 Å². The molecule has 0 aliphatic carbocycles. The van der Waals surface area contributed by atoms with Crippen molar-refractivity contribution in [2.45, 2.75) is 123 Å². The summed E-state index contributed by atoms with van der Waals surface area (Å²) in [7, 11) is -3.92. The Morgan fingerprint density at radius 2 is 1.21 bits per heavy atom. The predicted octanol–water partition coefficient (Wildman–Crippen LogP) is 5.41. The topological polar surface area (TPSA) is 265 Å². The fourth-order valence-corrected chi connectivity index (χ4v) is 9.09. The second-order valence-electron chi connectivity index (χ2n) is 22.1. The van der Waals surface area contributed by atoms with Crippen LogP contribution in [0, 0.1) is 17.8 Å². The van der Waals surface area contributed by atoms with Gasteiger partial charge in [-0.25, -0.2) is 8.42 Å². The minimum Gasteiger partial charge on any atom is -0.748 e. The molecule has 2 aliphatic rings. The number of aldehydes is 1. The summed E-state index contributed by atoms with van der Waals surface area (Å²) in [6, 6.07) is 27.1. The minimum absolute atomic E-state index is 0.000393. The van der Waals surface area contributed by atoms with Crippen molar-refractivity contribution in [2.24, 2.45) is 17.8 Å². The van der Waals surface area contributed by atoms with Gasteiger partial charge >= 0.3 is 5.97 Å². The second kappa shape index (κ2) is 30.1. The van der Waals surface area contributed by atoms with Gasteiger partial charge in [-0.15, -0.1) is 0 Å². The molecule has 19 nitrogen and oxygen atoms in total. The van der Waals surface area contributed by atoms with E-state index in [-0.39, 0.29) is 78.7 Å². The summed E-state index contributed by atoms with van der Waals surface area (Å²) in [5.74, 6) is -2.46. The molecule has 20 heteroatoms. The lowest BCUT2D eigenvalue weighted by Crippen LogP contribution is -2.61. The van der Waals surface area contributed by atoms with Crippen molar-refractivity contribution in [2.75, 3.05) is 45.7 Å². The van der Waals surface area contributed by atoms with Gasteiger partial charge in [0.1, 0.15) is 56.3 Å². The van der Waals surface area contributed by atoms with E-state index in [1.54, 1.807) is 51.1 Å². The maximum atomic E-state index is 14.7. The summed E-state index contributed by atoms with van der Waals surface area (Å²) >= 11 is 0. The van der Waals surface area contributed by atoms with Crippen LogP contribution in [0.2, 0.25) is 0 Å². The molecule has 0 unspecified atom stereocenters. The maximum absolute atomic E-state index is 14.7. The zero-order valence-electron chi connectivity index (χ0n) is 47.2. The fraction of sp³-hybridized carbons (Fsp3) is 0.483. The number of rotatable bonds is 28. The monoisotopic (exact) mass is 1130 g/mol. The molecule has 2 aliphatic heterocycles. The molecule has 2 saturated heterocycles. The number of carbonyl (C=O) groups is 7. The Morgan fingerprint density at radius 3 is 1.77 bits per heavy atom. The quantitative estimate of drug-likeness (QED) is 0.0138. The summed E-state index contributed by atoms with van der Waals surface area (Å²) in [5, 5.41) is 11.9. The van der Waals surface area contributed by atoms with E-state index in [1.807, 2.05) is 100 Å². The van der Waals surface area contributed by atoms with Gasteiger partial charge in [-0.2, -0.15) is 0 Å². The highest BCUT2D eigenvalue weighted by Crippen LogP contribution is 2.33. The molecular formula is C60H79N5O14S. The lowest BCUT2D eigenvalue weighted by Gasteiger charge is -2.41. The number of morpholine rings is 1. The van der Waals surface area contributed by atoms with Gasteiger partial charge in [-0.1, -0.05) is 126 Å². The number of carbonyl (C=O) groups excluding carboxylic acids is 7. The van der Waals surface area contributed by atoms with Crippen LogP contribution in [0.4, 0.5) is 0 Å². The third-order valence-electron chi connectivity index (χ3n) is 13.5. The van der Waals surface area contributed by atoms with E-state index in [9.17, 15) is 33.6 Å². The first-order valence-corrected chi connectivity index (χ1v) is 29.0. The fourth-order valence-electron chi connectivity index (χ4n) is 9.09. The van der Waals surface area contributed by atoms with Gasteiger partial charge in [0.25, 0.3) is 5.91 Å². The molecule has 4 amide bonds. The van der Waals surface area contributed by atoms with E-state index in [2.05, 4.69) is 21.3 Å². The summed E-state index contributed by atoms with van der Waals surface area (Å²) in [6.07, 6.45) is 2.78. The largest absolute Gasteiger partial charge is 0.748 e. The standard InChI is InChI=1S/C59H75N5O11.CH4O3S/c1-39(2)30-48(54(67)59(7)38-74-59)61-57(70)50(32-43-16-12-9-13-17-43)63-56(69)49(31-40(3)4)62-55(68)47(24-22-42-14-10-8-11-15-42)60-53(66)35-64(26-28-72-29-27-64)34-46-23-25-51(75-58(71)41(5)6)52(33-46)73-37-45-20-18-44(36-65)19-21-45;1-5(2,3)4/h8-21,23,25,33,36,39-41,47-50H,22,24,26-32,34-35,37-38H2,1-7H3,(H3-,60,61,62,63,66,68,69,70);1H3,(H,2,3,4)/t47-,48-,49-,50-,59+;/m0./s1. The molecule has 2 heterocycles. The number of benzene rings is 4. The lowest BCUT2D eigenvalue weighted by molar-refractivity contribution is -0.940. The zero-order chi connectivity index (χ0) is 58.6. The van der Waals surface area contributed by atoms with E-state index >= 15 is 0 Å². The van der Waals surface area contributed by atoms with Crippen molar-refractivity contribution in [1.82, 2.24) is 21.3 Å². The van der Waals surface area contributed by atoms with Crippen LogP contribution < -0.4 is 30.7 Å². The lowest BCUT2D eigenvalue weighted by atomic mass is 9.93. The third kappa shape index (κ3) is 21.7. The first kappa shape index (κ1) is 64.0. The van der Waals surface area contributed by atoms with E-state index < -0.39 is 63.6 Å². The SMILES string of the molecule is CC(C)C[C@H](NC(=O)[C@H](CCc1ccccc1)NC(=O)C[N+]1(Cc2ccc(OC(=O)C(C)C)c(OCc3ccc(C=O)cc3)c2)CCOCC1)C(=O)N[C@@H](Cc1ccccc1)C(=O)N[C@@H](CC(C)C)C(=O)[C@@]1(C)CO1.CS(=O)(=O)[O-]. The Morgan fingerprint density at radius 1 is 0.688 bits per heavy atom.